The summed E-state index contributed by atoms with van der Waals surface area (Å²) in [5.74, 6) is 2.10. The van der Waals surface area contributed by atoms with E-state index in [2.05, 4.69) is 0 Å². The molecule has 0 unspecified atom stereocenters. The van der Waals surface area contributed by atoms with Crippen LogP contribution in [-0.4, -0.2) is 12.6 Å². The van der Waals surface area contributed by atoms with Crippen molar-refractivity contribution in [3.63, 3.8) is 0 Å². The number of esters is 1. The van der Waals surface area contributed by atoms with E-state index < -0.39 is 0 Å². The van der Waals surface area contributed by atoms with E-state index in [0.29, 0.717) is 6.61 Å². The zero-order chi connectivity index (χ0) is 9.84. The molecule has 0 amide bonds. The molecule has 0 N–H and O–H groups in total. The summed E-state index contributed by atoms with van der Waals surface area (Å²) in [5.41, 5.74) is 0.797. The molecule has 0 aliphatic carbocycles. The van der Waals surface area contributed by atoms with Gasteiger partial charge in [0.2, 0.25) is 0 Å². The van der Waals surface area contributed by atoms with E-state index in [1.807, 2.05) is 26.9 Å². The highest BCUT2D eigenvalue weighted by Crippen LogP contribution is 2.53. The minimum atomic E-state index is -0.158. The van der Waals surface area contributed by atoms with Crippen LogP contribution in [0.1, 0.15) is 27.2 Å². The topological polar surface area (TPSA) is 26.3 Å². The van der Waals surface area contributed by atoms with Gasteiger partial charge in [-0.1, -0.05) is 29.4 Å². The van der Waals surface area contributed by atoms with Crippen LogP contribution in [0.5, 0.6) is 0 Å². The summed E-state index contributed by atoms with van der Waals surface area (Å²) in [6, 6.07) is 0. The molecule has 1 heterocycles. The summed E-state index contributed by atoms with van der Waals surface area (Å²) in [4.78, 5) is 11.4. The number of carbonyl (C=O) groups excluding carboxylic acids is 1. The molecular formula is C10H14O2P. The van der Waals surface area contributed by atoms with Gasteiger partial charge in [0.15, 0.2) is 0 Å². The Morgan fingerprint density at radius 1 is 1.54 bits per heavy atom. The van der Waals surface area contributed by atoms with E-state index in [1.54, 1.807) is 0 Å². The van der Waals surface area contributed by atoms with Crippen molar-refractivity contribution in [3.8, 4) is 0 Å². The Hall–Kier alpha value is -0.100. The fourth-order valence-corrected chi connectivity index (χ4v) is 2.07. The second-order valence-electron chi connectivity index (χ2n) is 3.05. The van der Waals surface area contributed by atoms with Gasteiger partial charge in [0, 0.05) is 5.92 Å². The summed E-state index contributed by atoms with van der Waals surface area (Å²) in [6.07, 6.45) is 2.92. The molecule has 0 aromatic rings. The largest absolute Gasteiger partial charge is 0.465 e. The Morgan fingerprint density at radius 2 is 2.23 bits per heavy atom. The number of rotatable bonds is 3. The number of carbonyl (C=O) groups is 1. The Kier molecular flexibility index (Phi) is 4.18. The highest BCUT2D eigenvalue weighted by molar-refractivity contribution is 7.47. The summed E-state index contributed by atoms with van der Waals surface area (Å²) in [5, 5.41) is 0. The molecule has 5 radical (unpaired) electrons. The maximum absolute atomic E-state index is 11.4. The van der Waals surface area contributed by atoms with Crippen LogP contribution in [0.15, 0.2) is 0 Å². The Bertz CT molecular complexity index is 182. The third-order valence-electron chi connectivity index (χ3n) is 1.96. The fraction of sp³-hybridized carbons (Fsp3) is 0.500. The minimum Gasteiger partial charge on any atom is -0.465 e. The number of hydrogen-bond donors (Lipinski definition) is 0. The van der Waals surface area contributed by atoms with E-state index >= 15 is 0 Å². The molecule has 2 nitrogen and oxygen atoms in total. The normalized spacial score (nSPS) is 22.7. The van der Waals surface area contributed by atoms with Crippen molar-refractivity contribution in [1.29, 1.82) is 0 Å². The molecule has 0 atom stereocenters. The third kappa shape index (κ3) is 2.67. The molecule has 1 saturated heterocycles. The van der Waals surface area contributed by atoms with Gasteiger partial charge >= 0.3 is 5.97 Å². The highest BCUT2D eigenvalue weighted by Gasteiger charge is 2.38. The molecular weight excluding hydrogens is 183 g/mol. The first kappa shape index (κ1) is 11.0. The Labute approximate surface area is 82.2 Å². The lowest BCUT2D eigenvalue weighted by molar-refractivity contribution is -0.139. The minimum absolute atomic E-state index is 0.158. The summed E-state index contributed by atoms with van der Waals surface area (Å²) < 4.78 is 5.06. The SMILES string of the molecule is CCCOC(=O)[C]1[P][CH][C](C)[C]1C. The zero-order valence-corrected chi connectivity index (χ0v) is 9.15. The highest BCUT2D eigenvalue weighted by atomic mass is 31.1. The van der Waals surface area contributed by atoms with Crippen molar-refractivity contribution in [3.05, 3.63) is 23.7 Å². The van der Waals surface area contributed by atoms with Crippen molar-refractivity contribution in [1.82, 2.24) is 0 Å². The smallest absolute Gasteiger partial charge is 0.318 e. The first-order valence-corrected chi connectivity index (χ1v) is 5.39. The van der Waals surface area contributed by atoms with Crippen LogP contribution >= 0.6 is 8.58 Å². The molecule has 0 spiro atoms. The van der Waals surface area contributed by atoms with E-state index in [0.717, 1.165) is 26.6 Å². The van der Waals surface area contributed by atoms with Crippen LogP contribution in [0.4, 0.5) is 0 Å². The molecule has 71 valence electrons. The van der Waals surface area contributed by atoms with Crippen molar-refractivity contribution in [2.45, 2.75) is 27.2 Å². The molecule has 0 aromatic heterocycles. The lowest BCUT2D eigenvalue weighted by Gasteiger charge is -2.13. The van der Waals surface area contributed by atoms with Crippen LogP contribution in [0.2, 0.25) is 0 Å². The van der Waals surface area contributed by atoms with Gasteiger partial charge in [-0.15, -0.1) is 0 Å². The van der Waals surface area contributed by atoms with Gasteiger partial charge in [-0.25, -0.2) is 0 Å². The zero-order valence-electron chi connectivity index (χ0n) is 8.26. The molecule has 1 rings (SSSR count). The van der Waals surface area contributed by atoms with Gasteiger partial charge in [0.05, 0.1) is 6.61 Å². The van der Waals surface area contributed by atoms with Crippen LogP contribution in [0.3, 0.4) is 0 Å². The quantitative estimate of drug-likeness (QED) is 0.513. The third-order valence-corrected chi connectivity index (χ3v) is 3.26. The van der Waals surface area contributed by atoms with Gasteiger partial charge in [-0.3, -0.25) is 4.79 Å². The Morgan fingerprint density at radius 3 is 2.69 bits per heavy atom. The predicted octanol–water partition coefficient (Wildman–Crippen LogP) is 2.78. The molecule has 0 aromatic carbocycles. The maximum atomic E-state index is 11.4. The second-order valence-corrected chi connectivity index (χ2v) is 4.01. The molecule has 1 aliphatic heterocycles. The first-order chi connectivity index (χ1) is 6.16. The molecule has 1 aliphatic rings. The summed E-state index contributed by atoms with van der Waals surface area (Å²) in [7, 11) is 0.978. The van der Waals surface area contributed by atoms with Gasteiger partial charge in [-0.2, -0.15) is 0 Å². The summed E-state index contributed by atoms with van der Waals surface area (Å²) in [6.45, 7) is 6.49. The molecule has 0 saturated carbocycles. The van der Waals surface area contributed by atoms with Gasteiger partial charge in [0.1, 0.15) is 5.66 Å². The first-order valence-electron chi connectivity index (χ1n) is 4.42. The average Bonchev–Trinajstić information content (AvgIpc) is 2.44. The van der Waals surface area contributed by atoms with Crippen molar-refractivity contribution < 1.29 is 9.53 Å². The molecule has 1 fully saturated rings. The fourth-order valence-electron chi connectivity index (χ4n) is 1.01. The van der Waals surface area contributed by atoms with Crippen LogP contribution in [0.25, 0.3) is 0 Å². The summed E-state index contributed by atoms with van der Waals surface area (Å²) >= 11 is 0. The molecule has 13 heavy (non-hydrogen) atoms. The number of hydrogen-bond acceptors (Lipinski definition) is 2. The second kappa shape index (κ2) is 4.95. The van der Waals surface area contributed by atoms with Gasteiger partial charge in [-0.05, 0) is 18.5 Å². The van der Waals surface area contributed by atoms with Gasteiger partial charge < -0.3 is 4.74 Å². The maximum Gasteiger partial charge on any atom is 0.318 e. The monoisotopic (exact) mass is 197 g/mol. The van der Waals surface area contributed by atoms with Gasteiger partial charge in [0.25, 0.3) is 0 Å². The van der Waals surface area contributed by atoms with Crippen molar-refractivity contribution in [2.24, 2.45) is 0 Å². The Balaban J connectivity index is 2.39. The van der Waals surface area contributed by atoms with Crippen molar-refractivity contribution >= 4 is 14.6 Å². The van der Waals surface area contributed by atoms with E-state index in [1.165, 1.54) is 5.92 Å². The number of ether oxygens (including phenoxy) is 1. The standard InChI is InChI=1S/C10H14O2P/c1-4-5-12-10(11)9-8(3)7(2)6-13-9/h6H,4-5H2,1-3H3. The molecule has 3 heteroatoms. The van der Waals surface area contributed by atoms with Crippen LogP contribution < -0.4 is 0 Å². The average molecular weight is 197 g/mol. The van der Waals surface area contributed by atoms with Crippen molar-refractivity contribution in [2.75, 3.05) is 6.61 Å². The van der Waals surface area contributed by atoms with E-state index in [-0.39, 0.29) is 5.97 Å². The van der Waals surface area contributed by atoms with E-state index in [4.69, 9.17) is 4.74 Å². The van der Waals surface area contributed by atoms with Crippen LogP contribution in [-0.2, 0) is 9.53 Å². The molecule has 0 bridgehead atoms. The van der Waals surface area contributed by atoms with Crippen LogP contribution in [0, 0.1) is 23.7 Å². The lowest BCUT2D eigenvalue weighted by atomic mass is 9.95. The lowest BCUT2D eigenvalue weighted by Crippen LogP contribution is -2.16. The predicted molar refractivity (Wildman–Crippen MR) is 53.5 cm³/mol. The van der Waals surface area contributed by atoms with E-state index in [9.17, 15) is 4.79 Å².